The second-order valence-electron chi connectivity index (χ2n) is 7.11. The summed E-state index contributed by atoms with van der Waals surface area (Å²) >= 11 is 0. The molecule has 29 heavy (non-hydrogen) atoms. The Morgan fingerprint density at radius 3 is 2.52 bits per heavy atom. The number of piperidine rings is 1. The Hall–Kier alpha value is -3.02. The van der Waals surface area contributed by atoms with Gasteiger partial charge in [0.15, 0.2) is 23.0 Å². The fourth-order valence-electron chi connectivity index (χ4n) is 3.76. The predicted molar refractivity (Wildman–Crippen MR) is 111 cm³/mol. The molecule has 0 spiro atoms. The van der Waals surface area contributed by atoms with Crippen LogP contribution >= 0.6 is 0 Å². The van der Waals surface area contributed by atoms with E-state index in [9.17, 15) is 4.79 Å². The van der Waals surface area contributed by atoms with Crippen LogP contribution in [-0.4, -0.2) is 42.1 Å². The van der Waals surface area contributed by atoms with Crippen molar-refractivity contribution in [2.75, 3.05) is 26.3 Å². The van der Waals surface area contributed by atoms with Gasteiger partial charge in [0.2, 0.25) is 0 Å². The summed E-state index contributed by atoms with van der Waals surface area (Å²) in [7, 11) is 0. The number of carbonyl (C=O) groups excluding carboxylic acids is 1. The lowest BCUT2D eigenvalue weighted by Gasteiger charge is -2.30. The van der Waals surface area contributed by atoms with E-state index >= 15 is 0 Å². The molecule has 0 N–H and O–H groups in total. The number of benzene rings is 2. The number of rotatable bonds is 6. The highest BCUT2D eigenvalue weighted by molar-refractivity contribution is 5.95. The SMILES string of the molecule is CCOc1ccc(C(=O)N2CCC(c3nc4ccccc4o3)CC2)cc1OCC. The molecule has 6 heteroatoms. The fourth-order valence-corrected chi connectivity index (χ4v) is 3.76. The van der Waals surface area contributed by atoms with Gasteiger partial charge in [-0.25, -0.2) is 4.98 Å². The Labute approximate surface area is 170 Å². The lowest BCUT2D eigenvalue weighted by molar-refractivity contribution is 0.0706. The van der Waals surface area contributed by atoms with Gasteiger partial charge in [0.25, 0.3) is 5.91 Å². The lowest BCUT2D eigenvalue weighted by atomic mass is 9.96. The minimum atomic E-state index is 0.0185. The average molecular weight is 394 g/mol. The van der Waals surface area contributed by atoms with Crippen LogP contribution in [0.5, 0.6) is 11.5 Å². The number of fused-ring (bicyclic) bond motifs is 1. The van der Waals surface area contributed by atoms with Crippen LogP contribution < -0.4 is 9.47 Å². The van der Waals surface area contributed by atoms with Crippen molar-refractivity contribution in [2.45, 2.75) is 32.6 Å². The molecule has 1 aliphatic rings. The third kappa shape index (κ3) is 4.06. The van der Waals surface area contributed by atoms with Crippen LogP contribution in [0, 0.1) is 0 Å². The van der Waals surface area contributed by atoms with Crippen LogP contribution in [-0.2, 0) is 0 Å². The summed E-state index contributed by atoms with van der Waals surface area (Å²) in [5.74, 6) is 2.32. The monoisotopic (exact) mass is 394 g/mol. The molecule has 0 radical (unpaired) electrons. The number of hydrogen-bond donors (Lipinski definition) is 0. The highest BCUT2D eigenvalue weighted by Gasteiger charge is 2.28. The number of ether oxygens (including phenoxy) is 2. The molecule has 1 saturated heterocycles. The van der Waals surface area contributed by atoms with E-state index < -0.39 is 0 Å². The second kappa shape index (κ2) is 8.55. The van der Waals surface area contributed by atoms with E-state index in [0.29, 0.717) is 43.4 Å². The summed E-state index contributed by atoms with van der Waals surface area (Å²) in [5, 5.41) is 0. The van der Waals surface area contributed by atoms with Crippen molar-refractivity contribution in [3.63, 3.8) is 0 Å². The highest BCUT2D eigenvalue weighted by Crippen LogP contribution is 2.32. The van der Waals surface area contributed by atoms with Gasteiger partial charge in [0, 0.05) is 24.6 Å². The number of aromatic nitrogens is 1. The Morgan fingerprint density at radius 1 is 1.07 bits per heavy atom. The molecular weight excluding hydrogens is 368 g/mol. The largest absolute Gasteiger partial charge is 0.490 e. The number of amides is 1. The first-order chi connectivity index (χ1) is 14.2. The van der Waals surface area contributed by atoms with Gasteiger partial charge < -0.3 is 18.8 Å². The molecule has 6 nitrogen and oxygen atoms in total. The summed E-state index contributed by atoms with van der Waals surface area (Å²) in [6.45, 7) is 6.28. The maximum Gasteiger partial charge on any atom is 0.253 e. The van der Waals surface area contributed by atoms with Gasteiger partial charge in [-0.2, -0.15) is 0 Å². The molecule has 0 bridgehead atoms. The summed E-state index contributed by atoms with van der Waals surface area (Å²) in [6.07, 6.45) is 1.68. The average Bonchev–Trinajstić information content (AvgIpc) is 3.19. The lowest BCUT2D eigenvalue weighted by Crippen LogP contribution is -2.38. The van der Waals surface area contributed by atoms with Crippen LogP contribution in [0.1, 0.15) is 48.9 Å². The van der Waals surface area contributed by atoms with Crippen molar-refractivity contribution >= 4 is 17.0 Å². The molecule has 2 heterocycles. The quantitative estimate of drug-likeness (QED) is 0.609. The molecule has 0 saturated carbocycles. The molecule has 0 aliphatic carbocycles. The number of carbonyl (C=O) groups is 1. The number of oxazole rings is 1. The molecule has 152 valence electrons. The highest BCUT2D eigenvalue weighted by atomic mass is 16.5. The second-order valence-corrected chi connectivity index (χ2v) is 7.11. The molecule has 2 aromatic carbocycles. The topological polar surface area (TPSA) is 64.8 Å². The van der Waals surface area contributed by atoms with Gasteiger partial charge in [-0.15, -0.1) is 0 Å². The van der Waals surface area contributed by atoms with Crippen molar-refractivity contribution in [3.05, 3.63) is 53.9 Å². The Balaban J connectivity index is 1.44. The Kier molecular flexibility index (Phi) is 5.69. The fraction of sp³-hybridized carbons (Fsp3) is 0.391. The van der Waals surface area contributed by atoms with Crippen molar-refractivity contribution in [1.29, 1.82) is 0 Å². The van der Waals surface area contributed by atoms with Crippen molar-refractivity contribution in [3.8, 4) is 11.5 Å². The van der Waals surface area contributed by atoms with E-state index in [0.717, 1.165) is 29.8 Å². The first kappa shape index (κ1) is 19.3. The van der Waals surface area contributed by atoms with Gasteiger partial charge in [0.1, 0.15) is 5.52 Å². The molecule has 4 rings (SSSR count). The van der Waals surface area contributed by atoms with Gasteiger partial charge >= 0.3 is 0 Å². The summed E-state index contributed by atoms with van der Waals surface area (Å²) in [4.78, 5) is 19.5. The summed E-state index contributed by atoms with van der Waals surface area (Å²) < 4.78 is 17.2. The first-order valence-corrected chi connectivity index (χ1v) is 10.2. The van der Waals surface area contributed by atoms with E-state index in [-0.39, 0.29) is 11.8 Å². The summed E-state index contributed by atoms with van der Waals surface area (Å²) in [6, 6.07) is 13.2. The van der Waals surface area contributed by atoms with Crippen LogP contribution in [0.15, 0.2) is 46.9 Å². The molecular formula is C23H26N2O4. The van der Waals surface area contributed by atoms with Crippen molar-refractivity contribution in [2.24, 2.45) is 0 Å². The van der Waals surface area contributed by atoms with E-state index in [1.54, 1.807) is 6.07 Å². The standard InChI is InChI=1S/C23H26N2O4/c1-3-27-20-10-9-17(15-21(20)28-4-2)23(26)25-13-11-16(12-14-25)22-24-18-7-5-6-8-19(18)29-22/h5-10,15-16H,3-4,11-14H2,1-2H3. The summed E-state index contributed by atoms with van der Waals surface area (Å²) in [5.41, 5.74) is 2.33. The van der Waals surface area contributed by atoms with Gasteiger partial charge in [-0.05, 0) is 57.0 Å². The maximum absolute atomic E-state index is 13.0. The molecule has 0 unspecified atom stereocenters. The molecule has 1 aliphatic heterocycles. The molecule has 3 aromatic rings. The van der Waals surface area contributed by atoms with Gasteiger partial charge in [-0.3, -0.25) is 4.79 Å². The normalized spacial score (nSPS) is 14.9. The van der Waals surface area contributed by atoms with E-state index in [1.807, 2.05) is 55.1 Å². The third-order valence-electron chi connectivity index (χ3n) is 5.23. The molecule has 1 aromatic heterocycles. The van der Waals surface area contributed by atoms with Gasteiger partial charge in [-0.1, -0.05) is 12.1 Å². The zero-order chi connectivity index (χ0) is 20.2. The van der Waals surface area contributed by atoms with Gasteiger partial charge in [0.05, 0.1) is 13.2 Å². The Bertz CT molecular complexity index is 956. The molecule has 1 fully saturated rings. The number of hydrogen-bond acceptors (Lipinski definition) is 5. The van der Waals surface area contributed by atoms with E-state index in [4.69, 9.17) is 13.9 Å². The Morgan fingerprint density at radius 2 is 1.79 bits per heavy atom. The predicted octanol–water partition coefficient (Wildman–Crippen LogP) is 4.65. The minimum absolute atomic E-state index is 0.0185. The van der Waals surface area contributed by atoms with Crippen LogP contribution in [0.4, 0.5) is 0 Å². The number of para-hydroxylation sites is 2. The smallest absolute Gasteiger partial charge is 0.253 e. The van der Waals surface area contributed by atoms with E-state index in [1.165, 1.54) is 0 Å². The van der Waals surface area contributed by atoms with Crippen LogP contribution in [0.25, 0.3) is 11.1 Å². The number of nitrogens with zero attached hydrogens (tertiary/aromatic N) is 2. The van der Waals surface area contributed by atoms with Crippen LogP contribution in [0.3, 0.4) is 0 Å². The van der Waals surface area contributed by atoms with E-state index in [2.05, 4.69) is 4.98 Å². The number of likely N-dealkylation sites (tertiary alicyclic amines) is 1. The van der Waals surface area contributed by atoms with Crippen molar-refractivity contribution < 1.29 is 18.7 Å². The first-order valence-electron chi connectivity index (χ1n) is 10.2. The zero-order valence-electron chi connectivity index (χ0n) is 16.9. The maximum atomic E-state index is 13.0. The molecule has 1 amide bonds. The molecule has 0 atom stereocenters. The third-order valence-corrected chi connectivity index (χ3v) is 5.23. The zero-order valence-corrected chi connectivity index (χ0v) is 16.9. The van der Waals surface area contributed by atoms with Crippen molar-refractivity contribution in [1.82, 2.24) is 9.88 Å². The van der Waals surface area contributed by atoms with Crippen LogP contribution in [0.2, 0.25) is 0 Å². The minimum Gasteiger partial charge on any atom is -0.490 e.